The van der Waals surface area contributed by atoms with Gasteiger partial charge in [0, 0.05) is 0 Å². The van der Waals surface area contributed by atoms with Crippen LogP contribution in [-0.2, 0) is 14.3 Å². The second kappa shape index (κ2) is 5.67. The molecule has 22 heavy (non-hydrogen) atoms. The molecule has 2 saturated carbocycles. The lowest BCUT2D eigenvalue weighted by Crippen LogP contribution is -2.49. The van der Waals surface area contributed by atoms with Gasteiger partial charge in [-0.3, -0.25) is 0 Å². The number of cyclic esters (lactones) is 1. The van der Waals surface area contributed by atoms with Crippen LogP contribution in [0.4, 0.5) is 0 Å². The van der Waals surface area contributed by atoms with Crippen LogP contribution < -0.4 is 0 Å². The maximum Gasteiger partial charge on any atom is 0.336 e. The Morgan fingerprint density at radius 3 is 2.77 bits per heavy atom. The molecule has 124 valence electrons. The summed E-state index contributed by atoms with van der Waals surface area (Å²) in [4.78, 5) is 11.7. The Kier molecular flexibility index (Phi) is 4.13. The molecule has 1 aliphatic heterocycles. The second-order valence-corrected chi connectivity index (χ2v) is 8.31. The minimum Gasteiger partial charge on any atom is -0.458 e. The molecule has 1 heterocycles. The van der Waals surface area contributed by atoms with Crippen molar-refractivity contribution in [2.75, 3.05) is 6.61 Å². The van der Waals surface area contributed by atoms with E-state index in [4.69, 9.17) is 9.47 Å². The van der Waals surface area contributed by atoms with E-state index in [1.807, 2.05) is 13.0 Å². The summed E-state index contributed by atoms with van der Waals surface area (Å²) < 4.78 is 11.4. The van der Waals surface area contributed by atoms with Crippen LogP contribution in [-0.4, -0.2) is 24.3 Å². The van der Waals surface area contributed by atoms with E-state index in [1.54, 1.807) is 0 Å². The van der Waals surface area contributed by atoms with Crippen molar-refractivity contribution in [3.8, 4) is 0 Å². The van der Waals surface area contributed by atoms with E-state index in [0.29, 0.717) is 17.6 Å². The summed E-state index contributed by atoms with van der Waals surface area (Å²) in [6.45, 7) is 9.51. The summed E-state index contributed by atoms with van der Waals surface area (Å²) in [6.07, 6.45) is 9.22. The zero-order chi connectivity index (χ0) is 16.0. The van der Waals surface area contributed by atoms with Gasteiger partial charge in [-0.1, -0.05) is 26.7 Å². The zero-order valence-electron chi connectivity index (χ0n) is 14.5. The quantitative estimate of drug-likeness (QED) is 0.731. The summed E-state index contributed by atoms with van der Waals surface area (Å²) in [7, 11) is 0. The van der Waals surface area contributed by atoms with Crippen LogP contribution in [0.5, 0.6) is 0 Å². The summed E-state index contributed by atoms with van der Waals surface area (Å²) in [6, 6.07) is 0. The number of rotatable bonds is 3. The first kappa shape index (κ1) is 16.0. The maximum atomic E-state index is 11.7. The van der Waals surface area contributed by atoms with Crippen molar-refractivity contribution in [2.24, 2.45) is 17.3 Å². The molecule has 2 fully saturated rings. The molecule has 0 aromatic heterocycles. The summed E-state index contributed by atoms with van der Waals surface area (Å²) >= 11 is 0. The largest absolute Gasteiger partial charge is 0.458 e. The van der Waals surface area contributed by atoms with Crippen molar-refractivity contribution in [1.29, 1.82) is 0 Å². The van der Waals surface area contributed by atoms with Crippen LogP contribution in [0.15, 0.2) is 11.6 Å². The molecule has 0 saturated heterocycles. The average Bonchev–Trinajstić information content (AvgIpc) is 2.83. The average molecular weight is 306 g/mol. The van der Waals surface area contributed by atoms with Gasteiger partial charge >= 0.3 is 5.97 Å². The predicted octanol–water partition coefficient (Wildman–Crippen LogP) is 4.26. The topological polar surface area (TPSA) is 35.5 Å². The third-order valence-electron chi connectivity index (χ3n) is 6.40. The van der Waals surface area contributed by atoms with Gasteiger partial charge in [0.25, 0.3) is 0 Å². The first-order chi connectivity index (χ1) is 10.3. The van der Waals surface area contributed by atoms with E-state index in [9.17, 15) is 4.79 Å². The fraction of sp³-hybridized carbons (Fsp3) is 0.842. The lowest BCUT2D eigenvalue weighted by Gasteiger charge is -2.54. The Morgan fingerprint density at radius 1 is 1.32 bits per heavy atom. The molecule has 2 aliphatic carbocycles. The van der Waals surface area contributed by atoms with Crippen LogP contribution in [0.25, 0.3) is 0 Å². The SMILES string of the molecule is CC(OC1(C)CCC2C(C)CCC[C@@]2(C)C1)C1=CCOC1=O. The molecule has 0 aromatic carbocycles. The highest BCUT2D eigenvalue weighted by atomic mass is 16.5. The van der Waals surface area contributed by atoms with Crippen LogP contribution in [0.1, 0.15) is 66.2 Å². The maximum absolute atomic E-state index is 11.7. The number of carbonyl (C=O) groups is 1. The highest BCUT2D eigenvalue weighted by Gasteiger charge is 2.49. The van der Waals surface area contributed by atoms with E-state index in [0.717, 1.165) is 24.7 Å². The zero-order valence-corrected chi connectivity index (χ0v) is 14.5. The van der Waals surface area contributed by atoms with E-state index in [1.165, 1.54) is 25.7 Å². The minimum absolute atomic E-state index is 0.120. The van der Waals surface area contributed by atoms with Crippen molar-refractivity contribution >= 4 is 5.97 Å². The second-order valence-electron chi connectivity index (χ2n) is 8.31. The van der Waals surface area contributed by atoms with Crippen LogP contribution >= 0.6 is 0 Å². The first-order valence-electron chi connectivity index (χ1n) is 8.88. The number of fused-ring (bicyclic) bond motifs is 1. The minimum atomic E-state index is -0.206. The van der Waals surface area contributed by atoms with Crippen LogP contribution in [0.3, 0.4) is 0 Å². The molecule has 0 N–H and O–H groups in total. The van der Waals surface area contributed by atoms with Crippen molar-refractivity contribution < 1.29 is 14.3 Å². The number of ether oxygens (including phenoxy) is 2. The van der Waals surface area contributed by atoms with Crippen molar-refractivity contribution in [3.63, 3.8) is 0 Å². The molecule has 5 atom stereocenters. The van der Waals surface area contributed by atoms with E-state index < -0.39 is 0 Å². The van der Waals surface area contributed by atoms with E-state index in [2.05, 4.69) is 20.8 Å². The number of carbonyl (C=O) groups excluding carboxylic acids is 1. The highest BCUT2D eigenvalue weighted by Crippen LogP contribution is 2.56. The fourth-order valence-electron chi connectivity index (χ4n) is 5.45. The Morgan fingerprint density at radius 2 is 2.09 bits per heavy atom. The van der Waals surface area contributed by atoms with Crippen molar-refractivity contribution in [1.82, 2.24) is 0 Å². The van der Waals surface area contributed by atoms with Gasteiger partial charge in [0.1, 0.15) is 6.61 Å². The third kappa shape index (κ3) is 2.84. The molecular formula is C19H30O3. The third-order valence-corrected chi connectivity index (χ3v) is 6.40. The molecule has 3 rings (SSSR count). The Bertz CT molecular complexity index is 483. The van der Waals surface area contributed by atoms with Gasteiger partial charge in [-0.2, -0.15) is 0 Å². The fourth-order valence-corrected chi connectivity index (χ4v) is 5.45. The Hall–Kier alpha value is -0.830. The standard InChI is InChI=1S/C19H30O3/c1-13-6-5-9-18(3)12-19(4,10-7-16(13)18)22-14(2)15-8-11-21-17(15)20/h8,13-14,16H,5-7,9-12H2,1-4H3/t13?,14?,16?,18-,19?/m0/s1. The molecule has 0 spiro atoms. The lowest BCUT2D eigenvalue weighted by atomic mass is 9.54. The van der Waals surface area contributed by atoms with Gasteiger partial charge in [-0.05, 0) is 62.9 Å². The molecule has 4 unspecified atom stereocenters. The monoisotopic (exact) mass is 306 g/mol. The first-order valence-corrected chi connectivity index (χ1v) is 8.88. The van der Waals surface area contributed by atoms with Crippen LogP contribution in [0.2, 0.25) is 0 Å². The number of esters is 1. The van der Waals surface area contributed by atoms with Crippen molar-refractivity contribution in [2.45, 2.75) is 77.9 Å². The molecule has 0 amide bonds. The Labute approximate surface area is 134 Å². The number of hydrogen-bond acceptors (Lipinski definition) is 3. The lowest BCUT2D eigenvalue weighted by molar-refractivity contribution is -0.150. The summed E-state index contributed by atoms with van der Waals surface area (Å²) in [5, 5.41) is 0. The molecule has 3 aliphatic rings. The molecule has 3 nitrogen and oxygen atoms in total. The predicted molar refractivity (Wildman–Crippen MR) is 86.5 cm³/mol. The van der Waals surface area contributed by atoms with Crippen molar-refractivity contribution in [3.05, 3.63) is 11.6 Å². The number of hydrogen-bond donors (Lipinski definition) is 0. The highest BCUT2D eigenvalue weighted by molar-refractivity contribution is 5.91. The van der Waals surface area contributed by atoms with Gasteiger partial charge in [0.05, 0.1) is 17.3 Å². The van der Waals surface area contributed by atoms with Crippen LogP contribution in [0, 0.1) is 17.3 Å². The molecule has 0 bridgehead atoms. The van der Waals surface area contributed by atoms with E-state index >= 15 is 0 Å². The van der Waals surface area contributed by atoms with Gasteiger partial charge < -0.3 is 9.47 Å². The van der Waals surface area contributed by atoms with Gasteiger partial charge in [-0.25, -0.2) is 4.79 Å². The van der Waals surface area contributed by atoms with Gasteiger partial charge in [0.2, 0.25) is 0 Å². The summed E-state index contributed by atoms with van der Waals surface area (Å²) in [5.74, 6) is 1.47. The smallest absolute Gasteiger partial charge is 0.336 e. The normalized spacial score (nSPS) is 43.3. The summed E-state index contributed by atoms with van der Waals surface area (Å²) in [5.41, 5.74) is 0.978. The van der Waals surface area contributed by atoms with Gasteiger partial charge in [-0.15, -0.1) is 0 Å². The molecule has 0 radical (unpaired) electrons. The Balaban J connectivity index is 1.70. The molecule has 3 heteroatoms. The van der Waals surface area contributed by atoms with E-state index in [-0.39, 0.29) is 17.7 Å². The van der Waals surface area contributed by atoms with Gasteiger partial charge in [0.15, 0.2) is 0 Å². The molecule has 0 aromatic rings. The molecular weight excluding hydrogens is 276 g/mol.